The number of amides is 1. The second-order valence-electron chi connectivity index (χ2n) is 7.11. The van der Waals surface area contributed by atoms with Crippen LogP contribution in [0.5, 0.6) is 0 Å². The number of halogens is 1. The van der Waals surface area contributed by atoms with Crippen LogP contribution in [0.15, 0.2) is 74.9 Å². The van der Waals surface area contributed by atoms with Crippen molar-refractivity contribution in [1.82, 2.24) is 4.90 Å². The first kappa shape index (κ1) is 20.1. The molecule has 0 atom stereocenters. The quantitative estimate of drug-likeness (QED) is 0.500. The summed E-state index contributed by atoms with van der Waals surface area (Å²) in [6.45, 7) is 2.95. The number of hydrogen-bond acceptors (Lipinski definition) is 4. The highest BCUT2D eigenvalue weighted by Crippen LogP contribution is 2.34. The van der Waals surface area contributed by atoms with E-state index in [0.29, 0.717) is 10.8 Å². The molecule has 2 aromatic carbocycles. The Morgan fingerprint density at radius 3 is 2.55 bits per heavy atom. The van der Waals surface area contributed by atoms with E-state index in [0.717, 1.165) is 40.9 Å². The fourth-order valence-corrected chi connectivity index (χ4v) is 4.42. The maximum absolute atomic E-state index is 12.7. The molecule has 2 heterocycles. The summed E-state index contributed by atoms with van der Waals surface area (Å²) in [4.78, 5) is 17.1. The minimum Gasteiger partial charge on any atom is -0.455 e. The summed E-state index contributed by atoms with van der Waals surface area (Å²) in [6, 6.07) is 19.0. The molecule has 1 fully saturated rings. The Kier molecular flexibility index (Phi) is 6.60. The molecule has 1 saturated heterocycles. The van der Waals surface area contributed by atoms with E-state index in [4.69, 9.17) is 16.0 Å². The molecule has 29 heavy (non-hydrogen) atoms. The summed E-state index contributed by atoms with van der Waals surface area (Å²) in [5.41, 5.74) is 0.756. The van der Waals surface area contributed by atoms with Crippen LogP contribution in [0.4, 0.5) is 5.69 Å². The molecule has 4 nitrogen and oxygen atoms in total. The van der Waals surface area contributed by atoms with E-state index in [1.54, 1.807) is 17.8 Å². The molecule has 150 valence electrons. The van der Waals surface area contributed by atoms with Crippen molar-refractivity contribution in [2.45, 2.75) is 35.6 Å². The molecule has 0 radical (unpaired) electrons. The lowest BCUT2D eigenvalue weighted by Gasteiger charge is -2.25. The fraction of sp³-hybridized carbons (Fsp3) is 0.261. The second kappa shape index (κ2) is 9.53. The van der Waals surface area contributed by atoms with Crippen molar-refractivity contribution in [2.24, 2.45) is 0 Å². The van der Waals surface area contributed by atoms with Crippen LogP contribution < -0.4 is 5.32 Å². The number of carbonyl (C=O) groups excluding carboxylic acids is 1. The molecule has 1 N–H and O–H groups in total. The zero-order valence-corrected chi connectivity index (χ0v) is 17.6. The third kappa shape index (κ3) is 5.44. The van der Waals surface area contributed by atoms with Gasteiger partial charge in [0.15, 0.2) is 5.76 Å². The van der Waals surface area contributed by atoms with Crippen LogP contribution in [0, 0.1) is 0 Å². The van der Waals surface area contributed by atoms with Crippen molar-refractivity contribution in [3.05, 3.63) is 77.2 Å². The minimum atomic E-state index is -0.237. The van der Waals surface area contributed by atoms with E-state index >= 15 is 0 Å². The van der Waals surface area contributed by atoms with E-state index in [9.17, 15) is 4.79 Å². The second-order valence-corrected chi connectivity index (χ2v) is 8.66. The van der Waals surface area contributed by atoms with Gasteiger partial charge in [-0.2, -0.15) is 0 Å². The molecule has 1 amide bonds. The lowest BCUT2D eigenvalue weighted by Crippen LogP contribution is -2.28. The normalized spacial score (nSPS) is 14.7. The first-order valence-corrected chi connectivity index (χ1v) is 11.0. The SMILES string of the molecule is O=C(Nc1ccccc1Sc1ccc(Cl)cc1)c1ccc(CN2CCCCC2)o1. The van der Waals surface area contributed by atoms with Crippen molar-refractivity contribution < 1.29 is 9.21 Å². The van der Waals surface area contributed by atoms with Gasteiger partial charge in [-0.3, -0.25) is 9.69 Å². The molecule has 0 saturated carbocycles. The molecule has 0 aliphatic carbocycles. The van der Waals surface area contributed by atoms with Crippen LogP contribution in [0.2, 0.25) is 5.02 Å². The number of hydrogen-bond donors (Lipinski definition) is 1. The molecule has 4 rings (SSSR count). The fourth-order valence-electron chi connectivity index (χ4n) is 3.40. The van der Waals surface area contributed by atoms with Crippen LogP contribution in [-0.4, -0.2) is 23.9 Å². The first-order valence-electron chi connectivity index (χ1n) is 9.82. The van der Waals surface area contributed by atoms with Gasteiger partial charge in [-0.05, 0) is 74.5 Å². The topological polar surface area (TPSA) is 45.5 Å². The maximum atomic E-state index is 12.7. The Balaban J connectivity index is 1.42. The number of carbonyl (C=O) groups is 1. The number of para-hydroxylation sites is 1. The lowest BCUT2D eigenvalue weighted by molar-refractivity contribution is 0.0991. The Bertz CT molecular complexity index is 965. The number of benzene rings is 2. The smallest absolute Gasteiger partial charge is 0.291 e. The summed E-state index contributed by atoms with van der Waals surface area (Å²) in [7, 11) is 0. The number of nitrogens with zero attached hydrogens (tertiary/aromatic N) is 1. The largest absolute Gasteiger partial charge is 0.455 e. The van der Waals surface area contributed by atoms with Crippen molar-refractivity contribution in [2.75, 3.05) is 18.4 Å². The number of likely N-dealkylation sites (tertiary alicyclic amines) is 1. The van der Waals surface area contributed by atoms with Crippen molar-refractivity contribution in [1.29, 1.82) is 0 Å². The number of rotatable bonds is 6. The Labute approximate surface area is 180 Å². The van der Waals surface area contributed by atoms with Crippen LogP contribution in [0.1, 0.15) is 35.6 Å². The summed E-state index contributed by atoms with van der Waals surface area (Å²) >= 11 is 7.54. The molecule has 1 aliphatic rings. The Morgan fingerprint density at radius 1 is 1.00 bits per heavy atom. The van der Waals surface area contributed by atoms with Gasteiger partial charge in [-0.1, -0.05) is 41.9 Å². The number of nitrogens with one attached hydrogen (secondary N) is 1. The lowest BCUT2D eigenvalue weighted by atomic mass is 10.1. The number of furan rings is 1. The van der Waals surface area contributed by atoms with Gasteiger partial charge in [0, 0.05) is 14.8 Å². The minimum absolute atomic E-state index is 0.237. The van der Waals surface area contributed by atoms with Crippen LogP contribution in [0.25, 0.3) is 0 Å². The van der Waals surface area contributed by atoms with E-state index in [1.807, 2.05) is 54.6 Å². The first-order chi connectivity index (χ1) is 14.2. The van der Waals surface area contributed by atoms with Gasteiger partial charge in [0.05, 0.1) is 12.2 Å². The van der Waals surface area contributed by atoms with Crippen LogP contribution >= 0.6 is 23.4 Å². The van der Waals surface area contributed by atoms with Crippen LogP contribution in [0.3, 0.4) is 0 Å². The zero-order chi connectivity index (χ0) is 20.1. The van der Waals surface area contributed by atoms with Gasteiger partial charge in [-0.25, -0.2) is 0 Å². The Hall–Kier alpha value is -2.21. The molecular formula is C23H23ClN2O2S. The van der Waals surface area contributed by atoms with Crippen molar-refractivity contribution in [3.63, 3.8) is 0 Å². The molecule has 1 aliphatic heterocycles. The molecule has 0 bridgehead atoms. The molecule has 6 heteroatoms. The predicted molar refractivity (Wildman–Crippen MR) is 118 cm³/mol. The monoisotopic (exact) mass is 426 g/mol. The highest BCUT2D eigenvalue weighted by Gasteiger charge is 2.16. The van der Waals surface area contributed by atoms with Crippen molar-refractivity contribution in [3.8, 4) is 0 Å². The molecule has 3 aromatic rings. The van der Waals surface area contributed by atoms with E-state index in [2.05, 4.69) is 10.2 Å². The molecular weight excluding hydrogens is 404 g/mol. The predicted octanol–water partition coefficient (Wildman–Crippen LogP) is 6.32. The maximum Gasteiger partial charge on any atom is 0.291 e. The summed E-state index contributed by atoms with van der Waals surface area (Å²) < 4.78 is 5.82. The van der Waals surface area contributed by atoms with Crippen molar-refractivity contribution >= 4 is 35.0 Å². The molecule has 1 aromatic heterocycles. The van der Waals surface area contributed by atoms with Gasteiger partial charge in [0.25, 0.3) is 5.91 Å². The summed E-state index contributed by atoms with van der Waals surface area (Å²) in [5, 5.41) is 3.69. The van der Waals surface area contributed by atoms with Gasteiger partial charge in [0.1, 0.15) is 5.76 Å². The Morgan fingerprint density at radius 2 is 1.76 bits per heavy atom. The van der Waals surface area contributed by atoms with Gasteiger partial charge < -0.3 is 9.73 Å². The standard InChI is InChI=1S/C23H23ClN2O2S/c24-17-8-11-19(12-9-17)29-22-7-3-2-6-20(22)25-23(27)21-13-10-18(28-21)16-26-14-4-1-5-15-26/h2-3,6-13H,1,4-5,14-16H2,(H,25,27). The number of piperidine rings is 1. The average Bonchev–Trinajstić information content (AvgIpc) is 3.20. The third-order valence-corrected chi connectivity index (χ3v) is 6.23. The van der Waals surface area contributed by atoms with E-state index < -0.39 is 0 Å². The highest BCUT2D eigenvalue weighted by atomic mass is 35.5. The van der Waals surface area contributed by atoms with Gasteiger partial charge >= 0.3 is 0 Å². The van der Waals surface area contributed by atoms with Gasteiger partial charge in [0.2, 0.25) is 0 Å². The number of anilines is 1. The van der Waals surface area contributed by atoms with Gasteiger partial charge in [-0.15, -0.1) is 0 Å². The summed E-state index contributed by atoms with van der Waals surface area (Å²) in [5.74, 6) is 0.934. The summed E-state index contributed by atoms with van der Waals surface area (Å²) in [6.07, 6.45) is 3.77. The highest BCUT2D eigenvalue weighted by molar-refractivity contribution is 7.99. The molecule has 0 unspecified atom stereocenters. The van der Waals surface area contributed by atoms with Crippen LogP contribution in [-0.2, 0) is 6.54 Å². The third-order valence-electron chi connectivity index (χ3n) is 4.89. The molecule has 0 spiro atoms. The zero-order valence-electron chi connectivity index (χ0n) is 16.1. The average molecular weight is 427 g/mol. The van der Waals surface area contributed by atoms with E-state index in [-0.39, 0.29) is 5.91 Å². The van der Waals surface area contributed by atoms with E-state index in [1.165, 1.54) is 19.3 Å².